The summed E-state index contributed by atoms with van der Waals surface area (Å²) in [7, 11) is 0. The summed E-state index contributed by atoms with van der Waals surface area (Å²) in [6, 6.07) is 37.5. The summed E-state index contributed by atoms with van der Waals surface area (Å²) in [5, 5.41) is 6.58. The van der Waals surface area contributed by atoms with Gasteiger partial charge in [-0.1, -0.05) is 122 Å². The van der Waals surface area contributed by atoms with Crippen molar-refractivity contribution >= 4 is 43.5 Å². The van der Waals surface area contributed by atoms with Crippen LogP contribution in [0.5, 0.6) is 0 Å². The molecule has 0 N–H and O–H groups in total. The zero-order valence-corrected chi connectivity index (χ0v) is 37.8. The maximum atomic E-state index is 8.96. The van der Waals surface area contributed by atoms with E-state index in [2.05, 4.69) is 119 Å². The van der Waals surface area contributed by atoms with Crippen molar-refractivity contribution in [3.63, 3.8) is 0 Å². The second-order valence-corrected chi connectivity index (χ2v) is 19.2. The summed E-state index contributed by atoms with van der Waals surface area (Å²) in [5.41, 5.74) is 8.03. The van der Waals surface area contributed by atoms with Crippen molar-refractivity contribution in [3.05, 3.63) is 143 Å². The molecule has 0 saturated carbocycles. The summed E-state index contributed by atoms with van der Waals surface area (Å²) in [6.45, 7) is 18.8. The Morgan fingerprint density at radius 1 is 0.707 bits per heavy atom. The van der Waals surface area contributed by atoms with Crippen molar-refractivity contribution < 1.29 is 31.4 Å². The Balaban J connectivity index is 0.000000295. The Morgan fingerprint density at radius 2 is 1.40 bits per heavy atom. The second kappa shape index (κ2) is 15.2. The first-order valence-corrected chi connectivity index (χ1v) is 20.1. The summed E-state index contributed by atoms with van der Waals surface area (Å²) in [4.78, 5) is 9.02. The van der Waals surface area contributed by atoms with E-state index < -0.39 is 18.6 Å². The van der Waals surface area contributed by atoms with Gasteiger partial charge in [-0.05, 0) is 121 Å². The van der Waals surface area contributed by atoms with Crippen molar-refractivity contribution in [1.82, 2.24) is 9.97 Å². The number of benzene rings is 5. The van der Waals surface area contributed by atoms with Gasteiger partial charge < -0.3 is 14.4 Å². The van der Waals surface area contributed by atoms with Crippen LogP contribution in [0.25, 0.3) is 66.0 Å². The first-order chi connectivity index (χ1) is 28.9. The average molecular weight is 946 g/mol. The van der Waals surface area contributed by atoms with Crippen LogP contribution in [-0.4, -0.2) is 9.97 Å². The van der Waals surface area contributed by atoms with Crippen LogP contribution in [0.4, 0.5) is 0 Å². The standard InChI is InChI=1S/C39H40NO.C15H16N.Ir/c1-23-22-40-34(18-26(23)21-37(2,3)4)28-11-9-10-27-31-16-24-12-13-25-17-32-33(39(7,8)15-14-38(32,5)6)19-29(25)30(24)20-35(31)41-36(27)28;1-15(2,3)13-9-10-14(16-11-13)12-7-5-4-6-8-12;/h9-10,12-13,16-20,22H,14-15,21H2,1-8H3;4-7,9-11H,1-3H3;/q2*-1;/i1D3,21D2;;. The van der Waals surface area contributed by atoms with Crippen LogP contribution in [0.1, 0.15) is 117 Å². The molecule has 1 aliphatic carbocycles. The molecule has 0 saturated heterocycles. The molecule has 0 bridgehead atoms. The van der Waals surface area contributed by atoms with Crippen LogP contribution in [0.15, 0.2) is 108 Å². The van der Waals surface area contributed by atoms with Gasteiger partial charge in [-0.3, -0.25) is 0 Å². The van der Waals surface area contributed by atoms with Gasteiger partial charge in [0.15, 0.2) is 0 Å². The van der Waals surface area contributed by atoms with Gasteiger partial charge in [0, 0.05) is 44.7 Å². The third-order valence-electron chi connectivity index (χ3n) is 11.6. The Morgan fingerprint density at radius 3 is 2.03 bits per heavy atom. The van der Waals surface area contributed by atoms with Gasteiger partial charge in [0.25, 0.3) is 0 Å². The quantitative estimate of drug-likeness (QED) is 0.131. The monoisotopic (exact) mass is 946 g/mol. The van der Waals surface area contributed by atoms with E-state index in [0.717, 1.165) is 44.8 Å². The van der Waals surface area contributed by atoms with Crippen LogP contribution >= 0.6 is 0 Å². The van der Waals surface area contributed by atoms with E-state index in [-0.39, 0.29) is 47.5 Å². The van der Waals surface area contributed by atoms with Gasteiger partial charge in [-0.2, -0.15) is 0 Å². The van der Waals surface area contributed by atoms with Crippen LogP contribution in [-0.2, 0) is 42.7 Å². The topological polar surface area (TPSA) is 38.9 Å². The minimum atomic E-state index is -2.51. The number of pyridine rings is 2. The van der Waals surface area contributed by atoms with E-state index >= 15 is 0 Å². The SMILES string of the molecule is CC(C)(C)c1ccc(-c2[c-]cccc2)nc1.[2H]C([2H])([2H])c1cnc(-c2[c-]ccc3c2oc2cc4c(ccc5cc6c(cc54)C(C)(C)CCC6(C)C)cc23)cc1C([2H])([2H])C(C)(C)C.[Ir]. The van der Waals surface area contributed by atoms with Gasteiger partial charge in [0.05, 0.1) is 5.58 Å². The molecule has 3 heterocycles. The van der Waals surface area contributed by atoms with E-state index in [1.807, 2.05) is 42.6 Å². The van der Waals surface area contributed by atoms with Crippen molar-refractivity contribution in [2.24, 2.45) is 5.41 Å². The molecular weight excluding hydrogens is 885 g/mol. The molecule has 5 aromatic carbocycles. The van der Waals surface area contributed by atoms with Gasteiger partial charge in [0.1, 0.15) is 5.58 Å². The zero-order valence-electron chi connectivity index (χ0n) is 40.4. The Labute approximate surface area is 366 Å². The number of furan rings is 1. The van der Waals surface area contributed by atoms with Crippen molar-refractivity contribution in [2.45, 2.75) is 112 Å². The summed E-state index contributed by atoms with van der Waals surface area (Å²) >= 11 is 0. The summed E-state index contributed by atoms with van der Waals surface area (Å²) < 4.78 is 48.8. The molecule has 0 atom stereocenters. The fourth-order valence-corrected chi connectivity index (χ4v) is 8.20. The van der Waals surface area contributed by atoms with Crippen molar-refractivity contribution in [1.29, 1.82) is 0 Å². The largest absolute Gasteiger partial charge is 0.501 e. The van der Waals surface area contributed by atoms with E-state index in [1.54, 1.807) is 26.8 Å². The number of hydrogen-bond acceptors (Lipinski definition) is 3. The number of rotatable bonds is 3. The molecule has 0 unspecified atom stereocenters. The number of aryl methyl sites for hydroxylation is 1. The zero-order chi connectivity index (χ0) is 44.8. The predicted octanol–water partition coefficient (Wildman–Crippen LogP) is 14.8. The van der Waals surface area contributed by atoms with Gasteiger partial charge in [-0.15, -0.1) is 54.1 Å². The Hall–Kier alpha value is -4.63. The van der Waals surface area contributed by atoms with Crippen molar-refractivity contribution in [2.75, 3.05) is 0 Å². The predicted molar refractivity (Wildman–Crippen MR) is 241 cm³/mol. The maximum Gasteiger partial charge on any atom is 0.121 e. The molecule has 0 fully saturated rings. The molecule has 299 valence electrons. The normalized spacial score (nSPS) is 16.6. The third-order valence-corrected chi connectivity index (χ3v) is 11.6. The van der Waals surface area contributed by atoms with E-state index in [1.165, 1.54) is 40.1 Å². The molecule has 3 aromatic heterocycles. The Bertz CT molecular complexity index is 2990. The van der Waals surface area contributed by atoms with Crippen LogP contribution < -0.4 is 0 Å². The molecule has 4 heteroatoms. The van der Waals surface area contributed by atoms with Crippen LogP contribution in [0.2, 0.25) is 0 Å². The fraction of sp³-hybridized carbons (Fsp3) is 0.333. The molecule has 0 amide bonds. The fourth-order valence-electron chi connectivity index (χ4n) is 8.20. The van der Waals surface area contributed by atoms with E-state index in [4.69, 9.17) is 11.3 Å². The number of aromatic nitrogens is 2. The number of fused-ring (bicyclic) bond motifs is 7. The van der Waals surface area contributed by atoms with E-state index in [0.29, 0.717) is 16.8 Å². The molecule has 1 aliphatic rings. The third kappa shape index (κ3) is 8.03. The maximum absolute atomic E-state index is 8.96. The number of nitrogens with zero attached hydrogens (tertiary/aromatic N) is 2. The molecule has 58 heavy (non-hydrogen) atoms. The van der Waals surface area contributed by atoms with Gasteiger partial charge >= 0.3 is 0 Å². The summed E-state index contributed by atoms with van der Waals surface area (Å²) in [5.74, 6) is 0. The number of hydrogen-bond donors (Lipinski definition) is 0. The first-order valence-electron chi connectivity index (χ1n) is 22.6. The molecule has 8 aromatic rings. The minimum absolute atomic E-state index is 0. The molecule has 1 radical (unpaired) electrons. The molecule has 9 rings (SSSR count). The second-order valence-electron chi connectivity index (χ2n) is 19.2. The molecule has 3 nitrogen and oxygen atoms in total. The first kappa shape index (κ1) is 35.3. The molecular formula is C54H56IrN2O-2. The summed E-state index contributed by atoms with van der Waals surface area (Å²) in [6.07, 6.45) is 3.63. The Kier molecular flexibility index (Phi) is 9.25. The van der Waals surface area contributed by atoms with Crippen LogP contribution in [0.3, 0.4) is 0 Å². The molecule has 0 aliphatic heterocycles. The van der Waals surface area contributed by atoms with Crippen LogP contribution in [0, 0.1) is 24.4 Å². The van der Waals surface area contributed by atoms with Crippen molar-refractivity contribution in [3.8, 4) is 22.5 Å². The minimum Gasteiger partial charge on any atom is -0.501 e. The van der Waals surface area contributed by atoms with Gasteiger partial charge in [-0.25, -0.2) is 0 Å². The van der Waals surface area contributed by atoms with E-state index in [9.17, 15) is 0 Å². The molecule has 0 spiro atoms. The van der Waals surface area contributed by atoms with Gasteiger partial charge in [0.2, 0.25) is 0 Å². The average Bonchev–Trinajstić information content (AvgIpc) is 3.58. The smallest absolute Gasteiger partial charge is 0.121 e.